The van der Waals surface area contributed by atoms with E-state index in [1.54, 1.807) is 0 Å². The minimum absolute atomic E-state index is 0.169. The summed E-state index contributed by atoms with van der Waals surface area (Å²) in [6.45, 7) is 1.38. The van der Waals surface area contributed by atoms with Crippen molar-refractivity contribution >= 4 is 5.97 Å². The van der Waals surface area contributed by atoms with Gasteiger partial charge in [0.2, 0.25) is 0 Å². The number of carboxylic acids is 1. The predicted molar refractivity (Wildman–Crippen MR) is 47.3 cm³/mol. The SMILES string of the molecule is Cc1ccc(F)cc1C(F)(F)CC(=O)O. The number of aryl methyl sites for hydroxylation is 1. The molecule has 1 aromatic rings. The van der Waals surface area contributed by atoms with Crippen molar-refractivity contribution in [2.24, 2.45) is 0 Å². The van der Waals surface area contributed by atoms with E-state index in [1.807, 2.05) is 0 Å². The number of halogens is 3. The van der Waals surface area contributed by atoms with E-state index in [0.29, 0.717) is 6.07 Å². The fourth-order valence-corrected chi connectivity index (χ4v) is 1.27. The molecule has 1 N–H and O–H groups in total. The second kappa shape index (κ2) is 3.92. The van der Waals surface area contributed by atoms with Crippen LogP contribution in [0.4, 0.5) is 13.2 Å². The Morgan fingerprint density at radius 2 is 2.07 bits per heavy atom. The lowest BCUT2D eigenvalue weighted by Crippen LogP contribution is -2.19. The van der Waals surface area contributed by atoms with Crippen LogP contribution in [0.5, 0.6) is 0 Å². The number of rotatable bonds is 3. The largest absolute Gasteiger partial charge is 0.481 e. The molecule has 0 fully saturated rings. The van der Waals surface area contributed by atoms with Gasteiger partial charge in [-0.3, -0.25) is 4.79 Å². The van der Waals surface area contributed by atoms with Crippen LogP contribution in [-0.4, -0.2) is 11.1 Å². The second-order valence-corrected chi connectivity index (χ2v) is 3.23. The Kier molecular flexibility index (Phi) is 3.02. The Hall–Kier alpha value is -1.52. The van der Waals surface area contributed by atoms with Crippen LogP contribution in [0.25, 0.3) is 0 Å². The van der Waals surface area contributed by atoms with E-state index < -0.39 is 29.7 Å². The van der Waals surface area contributed by atoms with Gasteiger partial charge in [0.15, 0.2) is 0 Å². The third kappa shape index (κ3) is 2.71. The fraction of sp³-hybridized carbons (Fsp3) is 0.300. The van der Waals surface area contributed by atoms with Crippen molar-refractivity contribution in [1.82, 2.24) is 0 Å². The summed E-state index contributed by atoms with van der Waals surface area (Å²) < 4.78 is 39.3. The molecule has 5 heteroatoms. The van der Waals surface area contributed by atoms with E-state index in [9.17, 15) is 18.0 Å². The minimum Gasteiger partial charge on any atom is -0.481 e. The van der Waals surface area contributed by atoms with Gasteiger partial charge >= 0.3 is 5.97 Å². The van der Waals surface area contributed by atoms with Crippen LogP contribution in [0, 0.1) is 12.7 Å². The molecule has 0 aliphatic heterocycles. The minimum atomic E-state index is -3.54. The lowest BCUT2D eigenvalue weighted by molar-refractivity contribution is -0.145. The van der Waals surface area contributed by atoms with E-state index in [2.05, 4.69) is 0 Å². The van der Waals surface area contributed by atoms with Gasteiger partial charge in [-0.1, -0.05) is 6.07 Å². The van der Waals surface area contributed by atoms with Crippen molar-refractivity contribution in [3.63, 3.8) is 0 Å². The first-order valence-corrected chi connectivity index (χ1v) is 4.19. The Labute approximate surface area is 84.3 Å². The van der Waals surface area contributed by atoms with Gasteiger partial charge in [0.25, 0.3) is 5.92 Å². The first-order chi connectivity index (χ1) is 6.83. The molecular weight excluding hydrogens is 209 g/mol. The van der Waals surface area contributed by atoms with Crippen molar-refractivity contribution in [1.29, 1.82) is 0 Å². The van der Waals surface area contributed by atoms with Gasteiger partial charge in [0, 0.05) is 5.56 Å². The zero-order valence-corrected chi connectivity index (χ0v) is 7.93. The number of carboxylic acid groups (broad SMARTS) is 1. The maximum atomic E-state index is 13.3. The molecule has 82 valence electrons. The average molecular weight is 218 g/mol. The summed E-state index contributed by atoms with van der Waals surface area (Å²) in [5, 5.41) is 8.30. The van der Waals surface area contributed by atoms with Crippen LogP contribution >= 0.6 is 0 Å². The van der Waals surface area contributed by atoms with Crippen molar-refractivity contribution in [2.75, 3.05) is 0 Å². The summed E-state index contributed by atoms with van der Waals surface area (Å²) in [5.74, 6) is -5.97. The standard InChI is InChI=1S/C10H9F3O2/c1-6-2-3-7(11)4-8(6)10(12,13)5-9(14)15/h2-4H,5H2,1H3,(H,14,15). The van der Waals surface area contributed by atoms with E-state index in [4.69, 9.17) is 5.11 Å². The molecule has 0 atom stereocenters. The molecule has 0 saturated heterocycles. The number of benzene rings is 1. The molecule has 0 bridgehead atoms. The van der Waals surface area contributed by atoms with Gasteiger partial charge in [-0.15, -0.1) is 0 Å². The van der Waals surface area contributed by atoms with Gasteiger partial charge in [-0.2, -0.15) is 0 Å². The second-order valence-electron chi connectivity index (χ2n) is 3.23. The zero-order chi connectivity index (χ0) is 11.6. The van der Waals surface area contributed by atoms with Crippen molar-refractivity contribution in [2.45, 2.75) is 19.3 Å². The molecule has 0 spiro atoms. The summed E-state index contributed by atoms with van der Waals surface area (Å²) in [6.07, 6.45) is -1.34. The van der Waals surface area contributed by atoms with Crippen molar-refractivity contribution < 1.29 is 23.1 Å². The smallest absolute Gasteiger partial charge is 0.309 e. The average Bonchev–Trinajstić information content (AvgIpc) is 2.06. The maximum Gasteiger partial charge on any atom is 0.309 e. The Morgan fingerprint density at radius 3 is 2.60 bits per heavy atom. The predicted octanol–water partition coefficient (Wildman–Crippen LogP) is 2.70. The molecule has 15 heavy (non-hydrogen) atoms. The van der Waals surface area contributed by atoms with Gasteiger partial charge in [-0.25, -0.2) is 13.2 Å². The Morgan fingerprint density at radius 1 is 1.47 bits per heavy atom. The van der Waals surface area contributed by atoms with Crippen LogP contribution in [0.2, 0.25) is 0 Å². The van der Waals surface area contributed by atoms with Gasteiger partial charge in [0.05, 0.1) is 0 Å². The topological polar surface area (TPSA) is 37.3 Å². The van der Waals surface area contributed by atoms with Gasteiger partial charge in [-0.05, 0) is 24.6 Å². The van der Waals surface area contributed by atoms with Gasteiger partial charge < -0.3 is 5.11 Å². The molecule has 1 aromatic carbocycles. The number of alkyl halides is 2. The lowest BCUT2D eigenvalue weighted by Gasteiger charge is -2.16. The summed E-state index contributed by atoms with van der Waals surface area (Å²) in [5.41, 5.74) is -0.410. The van der Waals surface area contributed by atoms with E-state index in [-0.39, 0.29) is 5.56 Å². The summed E-state index contributed by atoms with van der Waals surface area (Å²) in [6, 6.07) is 2.91. The molecule has 0 aliphatic carbocycles. The highest BCUT2D eigenvalue weighted by molar-refractivity contribution is 5.68. The molecule has 0 radical (unpaired) electrons. The summed E-state index contributed by atoms with van der Waals surface area (Å²) in [4.78, 5) is 10.2. The monoisotopic (exact) mass is 218 g/mol. The Balaban J connectivity index is 3.13. The number of hydrogen-bond donors (Lipinski definition) is 1. The van der Waals surface area contributed by atoms with Crippen LogP contribution in [0.1, 0.15) is 17.5 Å². The van der Waals surface area contributed by atoms with Crippen LogP contribution in [0.3, 0.4) is 0 Å². The third-order valence-electron chi connectivity index (χ3n) is 1.97. The Bertz CT molecular complexity index is 388. The fourth-order valence-electron chi connectivity index (χ4n) is 1.27. The molecule has 2 nitrogen and oxygen atoms in total. The molecule has 1 rings (SSSR count). The first-order valence-electron chi connectivity index (χ1n) is 4.19. The maximum absolute atomic E-state index is 13.3. The molecule has 0 amide bonds. The quantitative estimate of drug-likeness (QED) is 0.846. The third-order valence-corrected chi connectivity index (χ3v) is 1.97. The highest BCUT2D eigenvalue weighted by atomic mass is 19.3. The highest BCUT2D eigenvalue weighted by Gasteiger charge is 2.36. The number of aliphatic carboxylic acids is 1. The molecule has 0 aliphatic rings. The van der Waals surface area contributed by atoms with Crippen molar-refractivity contribution in [3.05, 3.63) is 35.1 Å². The summed E-state index contributed by atoms with van der Waals surface area (Å²) >= 11 is 0. The molecule has 0 unspecified atom stereocenters. The molecule has 0 saturated carbocycles. The van der Waals surface area contributed by atoms with E-state index in [1.165, 1.54) is 13.0 Å². The molecule has 0 aromatic heterocycles. The van der Waals surface area contributed by atoms with Gasteiger partial charge in [0.1, 0.15) is 12.2 Å². The van der Waals surface area contributed by atoms with Crippen LogP contribution in [-0.2, 0) is 10.7 Å². The number of carbonyl (C=O) groups is 1. The molecular formula is C10H9F3O2. The normalized spacial score (nSPS) is 11.5. The highest BCUT2D eigenvalue weighted by Crippen LogP contribution is 2.34. The van der Waals surface area contributed by atoms with E-state index in [0.717, 1.165) is 6.07 Å². The molecule has 0 heterocycles. The van der Waals surface area contributed by atoms with Crippen LogP contribution in [0.15, 0.2) is 18.2 Å². The zero-order valence-electron chi connectivity index (χ0n) is 7.93. The first kappa shape index (κ1) is 11.6. The van der Waals surface area contributed by atoms with Crippen molar-refractivity contribution in [3.8, 4) is 0 Å². The van der Waals surface area contributed by atoms with E-state index >= 15 is 0 Å². The summed E-state index contributed by atoms with van der Waals surface area (Å²) in [7, 11) is 0. The lowest BCUT2D eigenvalue weighted by atomic mass is 10.00. The van der Waals surface area contributed by atoms with Crippen LogP contribution < -0.4 is 0 Å². The number of hydrogen-bond acceptors (Lipinski definition) is 1.